The summed E-state index contributed by atoms with van der Waals surface area (Å²) in [6, 6.07) is 8.88. The SMILES string of the molecule is CCOC(=O)c1sc2ncnc(N(C)[C@@H]3CCc4ccccc43)c2c1C. The molecule has 2 aromatic heterocycles. The van der Waals surface area contributed by atoms with E-state index in [-0.39, 0.29) is 12.0 Å². The van der Waals surface area contributed by atoms with E-state index >= 15 is 0 Å². The van der Waals surface area contributed by atoms with Crippen LogP contribution in [0, 0.1) is 6.92 Å². The van der Waals surface area contributed by atoms with E-state index in [0.717, 1.165) is 34.4 Å². The minimum absolute atomic E-state index is 0.284. The number of hydrogen-bond acceptors (Lipinski definition) is 6. The van der Waals surface area contributed by atoms with Gasteiger partial charge < -0.3 is 9.64 Å². The number of esters is 1. The lowest BCUT2D eigenvalue weighted by molar-refractivity contribution is 0.0531. The molecule has 0 N–H and O–H groups in total. The summed E-state index contributed by atoms with van der Waals surface area (Å²) in [4.78, 5) is 24.9. The fourth-order valence-electron chi connectivity index (χ4n) is 3.80. The minimum atomic E-state index is -0.284. The molecule has 1 atom stereocenters. The summed E-state index contributed by atoms with van der Waals surface area (Å²) in [5, 5.41) is 0.951. The van der Waals surface area contributed by atoms with Crippen LogP contribution >= 0.6 is 11.3 Å². The summed E-state index contributed by atoms with van der Waals surface area (Å²) >= 11 is 1.38. The first-order chi connectivity index (χ1) is 12.6. The van der Waals surface area contributed by atoms with Gasteiger partial charge in [-0.2, -0.15) is 0 Å². The molecule has 134 valence electrons. The molecule has 6 heteroatoms. The third-order valence-electron chi connectivity index (χ3n) is 5.07. The van der Waals surface area contributed by atoms with Gasteiger partial charge in [0.05, 0.1) is 18.0 Å². The lowest BCUT2D eigenvalue weighted by Gasteiger charge is -2.27. The monoisotopic (exact) mass is 367 g/mol. The molecule has 4 rings (SSSR count). The van der Waals surface area contributed by atoms with E-state index in [1.807, 2.05) is 13.8 Å². The van der Waals surface area contributed by atoms with Gasteiger partial charge in [-0.25, -0.2) is 14.8 Å². The van der Waals surface area contributed by atoms with E-state index < -0.39 is 0 Å². The molecule has 26 heavy (non-hydrogen) atoms. The van der Waals surface area contributed by atoms with Gasteiger partial charge in [-0.1, -0.05) is 24.3 Å². The molecule has 0 amide bonds. The smallest absolute Gasteiger partial charge is 0.348 e. The summed E-state index contributed by atoms with van der Waals surface area (Å²) in [7, 11) is 2.08. The van der Waals surface area contributed by atoms with Crippen molar-refractivity contribution >= 4 is 33.3 Å². The van der Waals surface area contributed by atoms with Gasteiger partial charge >= 0.3 is 5.97 Å². The third-order valence-corrected chi connectivity index (χ3v) is 6.25. The van der Waals surface area contributed by atoms with Crippen molar-refractivity contribution in [3.63, 3.8) is 0 Å². The van der Waals surface area contributed by atoms with Gasteiger partial charge in [-0.3, -0.25) is 0 Å². The molecule has 1 aliphatic rings. The number of carbonyl (C=O) groups excluding carboxylic acids is 1. The number of carbonyl (C=O) groups is 1. The van der Waals surface area contributed by atoms with Gasteiger partial charge in [-0.05, 0) is 43.4 Å². The number of fused-ring (bicyclic) bond motifs is 2. The molecule has 1 aliphatic carbocycles. The van der Waals surface area contributed by atoms with Crippen LogP contribution in [0.2, 0.25) is 0 Å². The zero-order chi connectivity index (χ0) is 18.3. The second kappa shape index (κ2) is 6.68. The van der Waals surface area contributed by atoms with Crippen molar-refractivity contribution in [3.8, 4) is 0 Å². The summed E-state index contributed by atoms with van der Waals surface area (Å²) in [6.07, 6.45) is 3.73. The Hall–Kier alpha value is -2.47. The van der Waals surface area contributed by atoms with Crippen LogP contribution in [0.3, 0.4) is 0 Å². The van der Waals surface area contributed by atoms with Crippen molar-refractivity contribution in [1.82, 2.24) is 9.97 Å². The van der Waals surface area contributed by atoms with Crippen molar-refractivity contribution in [2.45, 2.75) is 32.7 Å². The molecule has 0 bridgehead atoms. The standard InChI is InChI=1S/C20H21N3O2S/c1-4-25-20(24)17-12(2)16-18(21-11-22-19(16)26-17)23(3)15-10-9-13-7-5-6-8-14(13)15/h5-8,11,15H,4,9-10H2,1-3H3/t15-/m1/s1. The van der Waals surface area contributed by atoms with Crippen molar-refractivity contribution in [2.75, 3.05) is 18.6 Å². The zero-order valence-corrected chi connectivity index (χ0v) is 16.0. The second-order valence-electron chi connectivity index (χ2n) is 6.52. The number of aryl methyl sites for hydroxylation is 2. The molecule has 0 saturated heterocycles. The van der Waals surface area contributed by atoms with Crippen LogP contribution in [-0.4, -0.2) is 29.6 Å². The normalized spacial score (nSPS) is 15.9. The topological polar surface area (TPSA) is 55.3 Å². The zero-order valence-electron chi connectivity index (χ0n) is 15.2. The molecule has 0 saturated carbocycles. The Morgan fingerprint density at radius 3 is 2.96 bits per heavy atom. The number of thiophene rings is 1. The van der Waals surface area contributed by atoms with E-state index in [1.54, 1.807) is 6.33 Å². The molecule has 0 spiro atoms. The number of aromatic nitrogens is 2. The van der Waals surface area contributed by atoms with Crippen molar-refractivity contribution in [3.05, 3.63) is 52.2 Å². The number of rotatable bonds is 4. The average molecular weight is 367 g/mol. The van der Waals surface area contributed by atoms with E-state index in [1.165, 1.54) is 22.5 Å². The fourth-order valence-corrected chi connectivity index (χ4v) is 4.83. The van der Waals surface area contributed by atoms with E-state index in [0.29, 0.717) is 11.5 Å². The van der Waals surface area contributed by atoms with Gasteiger partial charge in [0.1, 0.15) is 21.9 Å². The van der Waals surface area contributed by atoms with Gasteiger partial charge in [-0.15, -0.1) is 11.3 Å². The minimum Gasteiger partial charge on any atom is -0.462 e. The Bertz CT molecular complexity index is 982. The molecule has 5 nitrogen and oxygen atoms in total. The molecule has 0 radical (unpaired) electrons. The number of benzene rings is 1. The molecule has 0 aliphatic heterocycles. The predicted octanol–water partition coefficient (Wildman–Crippen LogP) is 4.30. The Kier molecular flexibility index (Phi) is 4.36. The average Bonchev–Trinajstić information content (AvgIpc) is 3.23. The Morgan fingerprint density at radius 2 is 2.15 bits per heavy atom. The maximum atomic E-state index is 12.3. The summed E-state index contributed by atoms with van der Waals surface area (Å²) in [5.41, 5.74) is 3.67. The van der Waals surface area contributed by atoms with Gasteiger partial charge in [0, 0.05) is 7.05 Å². The third kappa shape index (κ3) is 2.65. The number of anilines is 1. The van der Waals surface area contributed by atoms with Crippen LogP contribution in [0.1, 0.15) is 45.7 Å². The number of ether oxygens (including phenoxy) is 1. The van der Waals surface area contributed by atoms with Crippen molar-refractivity contribution in [1.29, 1.82) is 0 Å². The first kappa shape index (κ1) is 17.0. The molecule has 0 unspecified atom stereocenters. The highest BCUT2D eigenvalue weighted by Gasteiger charge is 2.29. The lowest BCUT2D eigenvalue weighted by atomic mass is 10.1. The maximum absolute atomic E-state index is 12.3. The van der Waals surface area contributed by atoms with Crippen LogP contribution < -0.4 is 4.90 Å². The maximum Gasteiger partial charge on any atom is 0.348 e. The van der Waals surface area contributed by atoms with Gasteiger partial charge in [0.2, 0.25) is 0 Å². The van der Waals surface area contributed by atoms with Crippen molar-refractivity contribution < 1.29 is 9.53 Å². The molecule has 2 heterocycles. The van der Waals surface area contributed by atoms with E-state index in [2.05, 4.69) is 46.2 Å². The van der Waals surface area contributed by atoms with Crippen LogP contribution in [0.4, 0.5) is 5.82 Å². The molecular formula is C20H21N3O2S. The Balaban J connectivity index is 1.79. The Labute approximate surface area is 156 Å². The summed E-state index contributed by atoms with van der Waals surface area (Å²) in [5.74, 6) is 0.591. The highest BCUT2D eigenvalue weighted by Crippen LogP contribution is 2.41. The van der Waals surface area contributed by atoms with Gasteiger partial charge in [0.15, 0.2) is 0 Å². The fraction of sp³-hybridized carbons (Fsp3) is 0.350. The van der Waals surface area contributed by atoms with E-state index in [9.17, 15) is 4.79 Å². The molecular weight excluding hydrogens is 346 g/mol. The molecule has 0 fully saturated rings. The van der Waals surface area contributed by atoms with Crippen molar-refractivity contribution in [2.24, 2.45) is 0 Å². The number of nitrogens with zero attached hydrogens (tertiary/aromatic N) is 3. The van der Waals surface area contributed by atoms with Crippen LogP contribution in [-0.2, 0) is 11.2 Å². The molecule has 1 aromatic carbocycles. The first-order valence-electron chi connectivity index (χ1n) is 8.83. The first-order valence-corrected chi connectivity index (χ1v) is 9.65. The Morgan fingerprint density at radius 1 is 1.35 bits per heavy atom. The van der Waals surface area contributed by atoms with Crippen LogP contribution in [0.15, 0.2) is 30.6 Å². The highest BCUT2D eigenvalue weighted by atomic mass is 32.1. The quantitative estimate of drug-likeness (QED) is 0.644. The van der Waals surface area contributed by atoms with Crippen LogP contribution in [0.5, 0.6) is 0 Å². The molecule has 3 aromatic rings. The lowest BCUT2D eigenvalue weighted by Crippen LogP contribution is -2.23. The summed E-state index contributed by atoms with van der Waals surface area (Å²) in [6.45, 7) is 4.13. The van der Waals surface area contributed by atoms with Gasteiger partial charge in [0.25, 0.3) is 0 Å². The van der Waals surface area contributed by atoms with E-state index in [4.69, 9.17) is 4.74 Å². The second-order valence-corrected chi connectivity index (χ2v) is 7.52. The predicted molar refractivity (Wildman–Crippen MR) is 104 cm³/mol. The largest absolute Gasteiger partial charge is 0.462 e. The number of hydrogen-bond donors (Lipinski definition) is 0. The highest BCUT2D eigenvalue weighted by molar-refractivity contribution is 7.20. The van der Waals surface area contributed by atoms with Crippen LogP contribution in [0.25, 0.3) is 10.2 Å². The summed E-state index contributed by atoms with van der Waals surface area (Å²) < 4.78 is 5.19.